The molecular formula is C16H25NO2. The largest absolute Gasteiger partial charge is 0.496 e. The van der Waals surface area contributed by atoms with Gasteiger partial charge in [0.05, 0.1) is 13.2 Å². The molecule has 1 aromatic rings. The highest BCUT2D eigenvalue weighted by Gasteiger charge is 2.24. The van der Waals surface area contributed by atoms with E-state index in [4.69, 9.17) is 9.47 Å². The molecule has 1 aliphatic rings. The van der Waals surface area contributed by atoms with E-state index < -0.39 is 0 Å². The van der Waals surface area contributed by atoms with E-state index in [1.165, 1.54) is 24.0 Å². The van der Waals surface area contributed by atoms with Crippen LogP contribution in [0.5, 0.6) is 5.75 Å². The Morgan fingerprint density at radius 3 is 2.89 bits per heavy atom. The monoisotopic (exact) mass is 263 g/mol. The Hall–Kier alpha value is -1.06. The highest BCUT2D eigenvalue weighted by atomic mass is 16.5. The first-order chi connectivity index (χ1) is 9.24. The molecule has 2 atom stereocenters. The van der Waals surface area contributed by atoms with Crippen LogP contribution >= 0.6 is 0 Å². The third-order valence-electron chi connectivity index (χ3n) is 3.91. The van der Waals surface area contributed by atoms with Crippen LogP contribution in [0, 0.1) is 6.92 Å². The van der Waals surface area contributed by atoms with Crippen LogP contribution in [-0.2, 0) is 11.2 Å². The highest BCUT2D eigenvalue weighted by Crippen LogP contribution is 2.24. The zero-order chi connectivity index (χ0) is 13.7. The van der Waals surface area contributed by atoms with Crippen LogP contribution < -0.4 is 10.1 Å². The zero-order valence-corrected chi connectivity index (χ0v) is 12.2. The molecule has 3 nitrogen and oxygen atoms in total. The topological polar surface area (TPSA) is 30.5 Å². The number of hydrogen-bond acceptors (Lipinski definition) is 3. The lowest BCUT2D eigenvalue weighted by atomic mass is 9.95. The van der Waals surface area contributed by atoms with Crippen molar-refractivity contribution in [2.45, 2.75) is 44.8 Å². The van der Waals surface area contributed by atoms with Gasteiger partial charge in [-0.25, -0.2) is 0 Å². The molecule has 1 N–H and O–H groups in total. The number of nitrogens with one attached hydrogen (secondary N) is 1. The minimum Gasteiger partial charge on any atom is -0.496 e. The molecular weight excluding hydrogens is 238 g/mol. The Kier molecular flexibility index (Phi) is 5.23. The van der Waals surface area contributed by atoms with Crippen molar-refractivity contribution in [3.8, 4) is 5.75 Å². The van der Waals surface area contributed by atoms with Crippen LogP contribution in [0.4, 0.5) is 0 Å². The molecule has 0 amide bonds. The maximum atomic E-state index is 5.90. The fourth-order valence-electron chi connectivity index (χ4n) is 2.81. The first-order valence-electron chi connectivity index (χ1n) is 7.17. The van der Waals surface area contributed by atoms with E-state index in [0.717, 1.165) is 25.2 Å². The van der Waals surface area contributed by atoms with E-state index in [1.54, 1.807) is 7.11 Å². The summed E-state index contributed by atoms with van der Waals surface area (Å²) < 4.78 is 11.4. The normalized spacial score (nSPS) is 21.1. The molecule has 1 saturated heterocycles. The SMILES string of the molecule is CNC(Cc1cc(C)ccc1OC)C1CCCCO1. The lowest BCUT2D eigenvalue weighted by molar-refractivity contribution is -0.00595. The van der Waals surface area contributed by atoms with E-state index in [9.17, 15) is 0 Å². The Morgan fingerprint density at radius 1 is 1.42 bits per heavy atom. The lowest BCUT2D eigenvalue weighted by Crippen LogP contribution is -2.42. The first-order valence-corrected chi connectivity index (χ1v) is 7.17. The average Bonchev–Trinajstić information content (AvgIpc) is 2.46. The molecule has 0 bridgehead atoms. The summed E-state index contributed by atoms with van der Waals surface area (Å²) in [5.74, 6) is 0.974. The van der Waals surface area contributed by atoms with Crippen molar-refractivity contribution >= 4 is 0 Å². The summed E-state index contributed by atoms with van der Waals surface area (Å²) in [5, 5.41) is 3.41. The second kappa shape index (κ2) is 6.92. The zero-order valence-electron chi connectivity index (χ0n) is 12.2. The van der Waals surface area contributed by atoms with Crippen LogP contribution in [0.3, 0.4) is 0 Å². The van der Waals surface area contributed by atoms with Crippen LogP contribution in [0.15, 0.2) is 18.2 Å². The van der Waals surface area contributed by atoms with Crippen molar-refractivity contribution in [3.05, 3.63) is 29.3 Å². The van der Waals surface area contributed by atoms with Gasteiger partial charge >= 0.3 is 0 Å². The van der Waals surface area contributed by atoms with Crippen molar-refractivity contribution in [1.82, 2.24) is 5.32 Å². The Labute approximate surface area is 116 Å². The van der Waals surface area contributed by atoms with Gasteiger partial charge in [-0.05, 0) is 51.3 Å². The summed E-state index contributed by atoms with van der Waals surface area (Å²) >= 11 is 0. The van der Waals surface area contributed by atoms with E-state index in [1.807, 2.05) is 7.05 Å². The van der Waals surface area contributed by atoms with Gasteiger partial charge in [-0.1, -0.05) is 17.7 Å². The standard InChI is InChI=1S/C16H25NO2/c1-12-7-8-15(18-3)13(10-12)11-14(17-2)16-6-4-5-9-19-16/h7-8,10,14,16-17H,4-6,9,11H2,1-3H3. The van der Waals surface area contributed by atoms with Gasteiger partial charge in [0.15, 0.2) is 0 Å². The van der Waals surface area contributed by atoms with Crippen LogP contribution in [-0.4, -0.2) is 32.9 Å². The lowest BCUT2D eigenvalue weighted by Gasteiger charge is -2.30. The number of benzene rings is 1. The van der Waals surface area contributed by atoms with Crippen molar-refractivity contribution in [2.75, 3.05) is 20.8 Å². The quantitative estimate of drug-likeness (QED) is 0.886. The van der Waals surface area contributed by atoms with E-state index in [2.05, 4.69) is 30.4 Å². The molecule has 1 aliphatic heterocycles. The van der Waals surface area contributed by atoms with Crippen LogP contribution in [0.25, 0.3) is 0 Å². The summed E-state index contributed by atoms with van der Waals surface area (Å²) in [7, 11) is 3.75. The molecule has 0 aromatic heterocycles. The average molecular weight is 263 g/mol. The van der Waals surface area contributed by atoms with E-state index in [-0.39, 0.29) is 0 Å². The fraction of sp³-hybridized carbons (Fsp3) is 0.625. The highest BCUT2D eigenvalue weighted by molar-refractivity contribution is 5.37. The molecule has 3 heteroatoms. The third kappa shape index (κ3) is 3.71. The Morgan fingerprint density at radius 2 is 2.26 bits per heavy atom. The predicted molar refractivity (Wildman–Crippen MR) is 77.9 cm³/mol. The van der Waals surface area contributed by atoms with E-state index >= 15 is 0 Å². The second-order valence-electron chi connectivity index (χ2n) is 5.32. The van der Waals surface area contributed by atoms with Crippen LogP contribution in [0.1, 0.15) is 30.4 Å². The number of hydrogen-bond donors (Lipinski definition) is 1. The van der Waals surface area contributed by atoms with Gasteiger partial charge in [-0.3, -0.25) is 0 Å². The Balaban J connectivity index is 2.10. The van der Waals surface area contributed by atoms with Crippen molar-refractivity contribution in [3.63, 3.8) is 0 Å². The van der Waals surface area contributed by atoms with Crippen molar-refractivity contribution in [2.24, 2.45) is 0 Å². The number of ether oxygens (including phenoxy) is 2. The van der Waals surface area contributed by atoms with Gasteiger partial charge in [-0.2, -0.15) is 0 Å². The van der Waals surface area contributed by atoms with Gasteiger partial charge in [-0.15, -0.1) is 0 Å². The molecule has 1 heterocycles. The smallest absolute Gasteiger partial charge is 0.122 e. The number of aryl methyl sites for hydroxylation is 1. The van der Waals surface area contributed by atoms with Gasteiger partial charge in [0.25, 0.3) is 0 Å². The molecule has 1 fully saturated rings. The van der Waals surface area contributed by atoms with E-state index in [0.29, 0.717) is 12.1 Å². The first kappa shape index (κ1) is 14.4. The summed E-state index contributed by atoms with van der Waals surface area (Å²) in [4.78, 5) is 0. The van der Waals surface area contributed by atoms with Crippen molar-refractivity contribution < 1.29 is 9.47 Å². The number of likely N-dealkylation sites (N-methyl/N-ethyl adjacent to an activating group) is 1. The molecule has 0 spiro atoms. The summed E-state index contributed by atoms with van der Waals surface area (Å²) in [6.45, 7) is 3.02. The van der Waals surface area contributed by atoms with Crippen molar-refractivity contribution in [1.29, 1.82) is 0 Å². The molecule has 19 heavy (non-hydrogen) atoms. The number of methoxy groups -OCH3 is 1. The van der Waals surface area contributed by atoms with Gasteiger partial charge in [0, 0.05) is 12.6 Å². The molecule has 0 aliphatic carbocycles. The fourth-order valence-corrected chi connectivity index (χ4v) is 2.81. The maximum absolute atomic E-state index is 5.90. The second-order valence-corrected chi connectivity index (χ2v) is 5.32. The molecule has 2 unspecified atom stereocenters. The minimum absolute atomic E-state index is 0.323. The summed E-state index contributed by atoms with van der Waals surface area (Å²) in [6.07, 6.45) is 4.89. The predicted octanol–water partition coefficient (Wildman–Crippen LogP) is 2.70. The molecule has 106 valence electrons. The third-order valence-corrected chi connectivity index (χ3v) is 3.91. The maximum Gasteiger partial charge on any atom is 0.122 e. The number of rotatable bonds is 5. The molecule has 1 aromatic carbocycles. The van der Waals surface area contributed by atoms with Gasteiger partial charge in [0.2, 0.25) is 0 Å². The summed E-state index contributed by atoms with van der Waals surface area (Å²) in [6, 6.07) is 6.72. The van der Waals surface area contributed by atoms with Gasteiger partial charge in [0.1, 0.15) is 5.75 Å². The van der Waals surface area contributed by atoms with Crippen LogP contribution in [0.2, 0.25) is 0 Å². The molecule has 0 radical (unpaired) electrons. The molecule has 0 saturated carbocycles. The molecule has 2 rings (SSSR count). The van der Waals surface area contributed by atoms with Gasteiger partial charge < -0.3 is 14.8 Å². The minimum atomic E-state index is 0.323. The summed E-state index contributed by atoms with van der Waals surface area (Å²) in [5.41, 5.74) is 2.53. The Bertz CT molecular complexity index is 400.